The predicted octanol–water partition coefficient (Wildman–Crippen LogP) is 4.05. The Balaban J connectivity index is 2.17. The minimum absolute atomic E-state index is 0.0933. The van der Waals surface area contributed by atoms with Crippen LogP contribution in [-0.4, -0.2) is 11.5 Å². The zero-order valence-electron chi connectivity index (χ0n) is 9.87. The largest absolute Gasteiger partial charge is 0.384 e. The van der Waals surface area contributed by atoms with Crippen molar-refractivity contribution in [3.63, 3.8) is 0 Å². The molecule has 94 valence electrons. The van der Waals surface area contributed by atoms with E-state index in [0.717, 1.165) is 23.6 Å². The third kappa shape index (κ3) is 3.11. The van der Waals surface area contributed by atoms with Gasteiger partial charge in [-0.05, 0) is 31.2 Å². The lowest BCUT2D eigenvalue weighted by molar-refractivity contribution is 0.628. The Kier molecular flexibility index (Phi) is 3.99. The van der Waals surface area contributed by atoms with Crippen molar-refractivity contribution in [2.75, 3.05) is 17.2 Å². The molecule has 0 aliphatic carbocycles. The molecule has 2 aromatic rings. The Morgan fingerprint density at radius 3 is 2.67 bits per heavy atom. The van der Waals surface area contributed by atoms with Crippen LogP contribution in [0.25, 0.3) is 0 Å². The molecular weight excluding hydrogens is 253 g/mol. The predicted molar refractivity (Wildman–Crippen MR) is 73.1 cm³/mol. The summed E-state index contributed by atoms with van der Waals surface area (Å²) in [6, 6.07) is 6.41. The molecule has 0 bridgehead atoms. The number of nitrogens with one attached hydrogen (secondary N) is 2. The molecule has 0 amide bonds. The summed E-state index contributed by atoms with van der Waals surface area (Å²) in [4.78, 5) is 4.11. The Bertz CT molecular complexity index is 546. The van der Waals surface area contributed by atoms with Gasteiger partial charge in [-0.15, -0.1) is 0 Å². The van der Waals surface area contributed by atoms with Crippen molar-refractivity contribution < 1.29 is 4.39 Å². The molecule has 0 saturated heterocycles. The summed E-state index contributed by atoms with van der Waals surface area (Å²) in [5, 5.41) is 6.38. The minimum atomic E-state index is -0.429. The molecule has 3 nitrogen and oxygen atoms in total. The van der Waals surface area contributed by atoms with E-state index in [9.17, 15) is 4.39 Å². The van der Waals surface area contributed by atoms with Crippen LogP contribution in [0.15, 0.2) is 36.7 Å². The van der Waals surface area contributed by atoms with Gasteiger partial charge in [0.1, 0.15) is 5.82 Å². The number of anilines is 3. The average Bonchev–Trinajstić information content (AvgIpc) is 2.35. The maximum atomic E-state index is 13.0. The second-order valence-electron chi connectivity index (χ2n) is 3.75. The summed E-state index contributed by atoms with van der Waals surface area (Å²) in [6.45, 7) is 2.84. The Morgan fingerprint density at radius 1 is 1.17 bits per heavy atom. The van der Waals surface area contributed by atoms with Gasteiger partial charge in [0, 0.05) is 12.2 Å². The number of rotatable bonds is 4. The van der Waals surface area contributed by atoms with E-state index in [0.29, 0.717) is 0 Å². The number of pyridine rings is 1. The fraction of sp³-hybridized carbons (Fsp3) is 0.154. The number of hydrogen-bond donors (Lipinski definition) is 2. The monoisotopic (exact) mass is 265 g/mol. The van der Waals surface area contributed by atoms with Crippen molar-refractivity contribution in [1.29, 1.82) is 0 Å². The summed E-state index contributed by atoms with van der Waals surface area (Å²) in [7, 11) is 0. The van der Waals surface area contributed by atoms with Gasteiger partial charge >= 0.3 is 0 Å². The maximum absolute atomic E-state index is 13.0. The van der Waals surface area contributed by atoms with Gasteiger partial charge in [0.25, 0.3) is 0 Å². The highest BCUT2D eigenvalue weighted by Gasteiger charge is 2.02. The van der Waals surface area contributed by atoms with Gasteiger partial charge in [-0.1, -0.05) is 11.6 Å². The summed E-state index contributed by atoms with van der Waals surface area (Å²) in [6.07, 6.45) is 3.43. The topological polar surface area (TPSA) is 37.0 Å². The smallest absolute Gasteiger partial charge is 0.141 e. The minimum Gasteiger partial charge on any atom is -0.384 e. The highest BCUT2D eigenvalue weighted by atomic mass is 35.5. The van der Waals surface area contributed by atoms with Gasteiger partial charge < -0.3 is 10.6 Å². The first kappa shape index (κ1) is 12.6. The first-order valence-corrected chi connectivity index (χ1v) is 5.98. The zero-order chi connectivity index (χ0) is 13.0. The first-order chi connectivity index (χ1) is 8.69. The van der Waals surface area contributed by atoms with Crippen molar-refractivity contribution in [1.82, 2.24) is 4.98 Å². The molecule has 0 atom stereocenters. The third-order valence-electron chi connectivity index (χ3n) is 2.33. The number of benzene rings is 1. The number of hydrogen-bond acceptors (Lipinski definition) is 3. The molecular formula is C13H13ClFN3. The molecule has 0 radical (unpaired) electrons. The van der Waals surface area contributed by atoms with Crippen LogP contribution >= 0.6 is 11.6 Å². The van der Waals surface area contributed by atoms with Crippen molar-refractivity contribution in [2.24, 2.45) is 0 Å². The fourth-order valence-corrected chi connectivity index (χ4v) is 1.73. The molecule has 0 saturated carbocycles. The highest BCUT2D eigenvalue weighted by Crippen LogP contribution is 2.23. The van der Waals surface area contributed by atoms with Crippen molar-refractivity contribution >= 4 is 28.7 Å². The molecule has 0 fully saturated rings. The summed E-state index contributed by atoms with van der Waals surface area (Å²) >= 11 is 5.72. The van der Waals surface area contributed by atoms with Gasteiger partial charge in [0.2, 0.25) is 0 Å². The van der Waals surface area contributed by atoms with Gasteiger partial charge in [0.15, 0.2) is 0 Å². The summed E-state index contributed by atoms with van der Waals surface area (Å²) in [5.74, 6) is -0.429. The first-order valence-electron chi connectivity index (χ1n) is 5.60. The quantitative estimate of drug-likeness (QED) is 0.876. The Hall–Kier alpha value is -1.81. The molecule has 18 heavy (non-hydrogen) atoms. The number of nitrogens with zero attached hydrogens (tertiary/aromatic N) is 1. The van der Waals surface area contributed by atoms with Crippen LogP contribution in [-0.2, 0) is 0 Å². The highest BCUT2D eigenvalue weighted by molar-refractivity contribution is 6.31. The van der Waals surface area contributed by atoms with Gasteiger partial charge in [0.05, 0.1) is 28.8 Å². The fourth-order valence-electron chi connectivity index (χ4n) is 1.55. The Morgan fingerprint density at radius 2 is 1.94 bits per heavy atom. The van der Waals surface area contributed by atoms with Crippen molar-refractivity contribution in [3.05, 3.63) is 47.5 Å². The number of aromatic nitrogens is 1. The van der Waals surface area contributed by atoms with E-state index in [1.165, 1.54) is 12.1 Å². The molecule has 0 aliphatic rings. The van der Waals surface area contributed by atoms with E-state index in [2.05, 4.69) is 15.6 Å². The molecule has 1 heterocycles. The molecule has 2 rings (SSSR count). The lowest BCUT2D eigenvalue weighted by Crippen LogP contribution is -1.98. The van der Waals surface area contributed by atoms with E-state index in [1.807, 2.05) is 13.0 Å². The van der Waals surface area contributed by atoms with Crippen LogP contribution < -0.4 is 10.6 Å². The second-order valence-corrected chi connectivity index (χ2v) is 4.15. The second kappa shape index (κ2) is 5.69. The van der Waals surface area contributed by atoms with Crippen molar-refractivity contribution in [2.45, 2.75) is 6.92 Å². The molecule has 0 spiro atoms. The van der Waals surface area contributed by atoms with E-state index in [1.54, 1.807) is 18.5 Å². The van der Waals surface area contributed by atoms with Crippen LogP contribution in [0.3, 0.4) is 0 Å². The maximum Gasteiger partial charge on any atom is 0.141 e. The van der Waals surface area contributed by atoms with Crippen LogP contribution in [0.5, 0.6) is 0 Å². The molecule has 1 aromatic heterocycles. The van der Waals surface area contributed by atoms with E-state index in [4.69, 9.17) is 11.6 Å². The van der Waals surface area contributed by atoms with Crippen LogP contribution in [0.1, 0.15) is 6.92 Å². The molecule has 2 N–H and O–H groups in total. The zero-order valence-corrected chi connectivity index (χ0v) is 10.6. The average molecular weight is 266 g/mol. The van der Waals surface area contributed by atoms with E-state index >= 15 is 0 Å². The Labute approximate surface area is 110 Å². The molecule has 0 aliphatic heterocycles. The van der Waals surface area contributed by atoms with E-state index in [-0.39, 0.29) is 5.02 Å². The van der Waals surface area contributed by atoms with Gasteiger partial charge in [-0.3, -0.25) is 4.98 Å². The lowest BCUT2D eigenvalue weighted by Gasteiger charge is -2.09. The molecule has 0 unspecified atom stereocenters. The van der Waals surface area contributed by atoms with Crippen LogP contribution in [0.4, 0.5) is 21.5 Å². The third-order valence-corrected chi connectivity index (χ3v) is 2.62. The molecule has 5 heteroatoms. The summed E-state index contributed by atoms with van der Waals surface area (Å²) in [5.41, 5.74) is 2.46. The van der Waals surface area contributed by atoms with Crippen molar-refractivity contribution in [3.8, 4) is 0 Å². The number of halogens is 2. The SMILES string of the molecule is CCNc1cncc(Nc2ccc(F)c(Cl)c2)c1. The normalized spacial score (nSPS) is 10.2. The summed E-state index contributed by atoms with van der Waals surface area (Å²) < 4.78 is 13.0. The van der Waals surface area contributed by atoms with Gasteiger partial charge in [-0.25, -0.2) is 4.39 Å². The van der Waals surface area contributed by atoms with Gasteiger partial charge in [-0.2, -0.15) is 0 Å². The van der Waals surface area contributed by atoms with Crippen LogP contribution in [0.2, 0.25) is 5.02 Å². The lowest BCUT2D eigenvalue weighted by atomic mass is 10.3. The van der Waals surface area contributed by atoms with Crippen LogP contribution in [0, 0.1) is 5.82 Å². The molecule has 1 aromatic carbocycles. The standard InChI is InChI=1S/C13H13ClFN3/c1-2-17-10-5-11(8-16-7-10)18-9-3-4-13(15)12(14)6-9/h3-8,17-18H,2H2,1H3. The van der Waals surface area contributed by atoms with E-state index < -0.39 is 5.82 Å².